The van der Waals surface area contributed by atoms with Crippen molar-refractivity contribution in [2.75, 3.05) is 5.43 Å². The fraction of sp³-hybridized carbons (Fsp3) is 0.316. The molecule has 1 amide bonds. The number of carbonyl (C=O) groups is 1. The molecule has 2 heterocycles. The van der Waals surface area contributed by atoms with Gasteiger partial charge < -0.3 is 4.98 Å². The van der Waals surface area contributed by atoms with E-state index in [-0.39, 0.29) is 11.2 Å². The summed E-state index contributed by atoms with van der Waals surface area (Å²) in [6.07, 6.45) is -4.46. The third-order valence-corrected chi connectivity index (χ3v) is 6.70. The Bertz CT molecular complexity index is 1140. The Kier molecular flexibility index (Phi) is 6.41. The zero-order chi connectivity index (χ0) is 22.1. The van der Waals surface area contributed by atoms with E-state index in [0.29, 0.717) is 21.8 Å². The van der Waals surface area contributed by atoms with Gasteiger partial charge in [-0.1, -0.05) is 6.07 Å². The Morgan fingerprint density at radius 1 is 1.33 bits per heavy atom. The van der Waals surface area contributed by atoms with Crippen LogP contribution in [-0.2, 0) is 16.7 Å². The van der Waals surface area contributed by atoms with Crippen LogP contribution in [0.4, 0.5) is 18.9 Å². The standard InChI is InChI=1S/C19H19F3N4O2S2/c1-9-10(2)30-18-15(9)17(28)23-14(24-18)8-29-11(3)16(27)26-25-13-6-4-5-12(7-13)19(20,21)22/h4-7,11,25H,8H2,1-3H3,(H,26,27)(H,23,24,28). The van der Waals surface area contributed by atoms with Crippen LogP contribution >= 0.6 is 23.1 Å². The summed E-state index contributed by atoms with van der Waals surface area (Å²) in [5.41, 5.74) is 4.91. The number of aromatic amines is 1. The van der Waals surface area contributed by atoms with Crippen LogP contribution in [0.5, 0.6) is 0 Å². The summed E-state index contributed by atoms with van der Waals surface area (Å²) in [7, 11) is 0. The van der Waals surface area contributed by atoms with E-state index in [0.717, 1.165) is 22.6 Å². The SMILES string of the molecule is Cc1sc2nc(CSC(C)C(=O)NNc3cccc(C(F)(F)F)c3)[nH]c(=O)c2c1C. The molecule has 0 spiro atoms. The molecule has 30 heavy (non-hydrogen) atoms. The first-order chi connectivity index (χ1) is 14.1. The number of aromatic nitrogens is 2. The van der Waals surface area contributed by atoms with E-state index >= 15 is 0 Å². The lowest BCUT2D eigenvalue weighted by Gasteiger charge is -2.14. The number of nitrogens with zero attached hydrogens (tertiary/aromatic N) is 1. The predicted molar refractivity (Wildman–Crippen MR) is 114 cm³/mol. The van der Waals surface area contributed by atoms with E-state index < -0.39 is 22.9 Å². The summed E-state index contributed by atoms with van der Waals surface area (Å²) in [6, 6.07) is 4.53. The Morgan fingerprint density at radius 3 is 2.77 bits per heavy atom. The van der Waals surface area contributed by atoms with E-state index in [1.165, 1.54) is 35.2 Å². The molecule has 2 aromatic heterocycles. The van der Waals surface area contributed by atoms with Gasteiger partial charge in [0, 0.05) is 4.88 Å². The van der Waals surface area contributed by atoms with Gasteiger partial charge in [-0.05, 0) is 44.5 Å². The van der Waals surface area contributed by atoms with Gasteiger partial charge in [-0.15, -0.1) is 23.1 Å². The first-order valence-electron chi connectivity index (χ1n) is 8.90. The second-order valence-electron chi connectivity index (χ2n) is 6.62. The van der Waals surface area contributed by atoms with Crippen molar-refractivity contribution in [3.05, 3.63) is 56.4 Å². The number of carbonyl (C=O) groups excluding carboxylic acids is 1. The number of halogens is 3. The van der Waals surface area contributed by atoms with Crippen LogP contribution < -0.4 is 16.4 Å². The summed E-state index contributed by atoms with van der Waals surface area (Å²) >= 11 is 2.69. The van der Waals surface area contributed by atoms with Crippen LogP contribution in [0.1, 0.15) is 28.8 Å². The Labute approximate surface area is 178 Å². The summed E-state index contributed by atoms with van der Waals surface area (Å²) in [5.74, 6) is 0.354. The van der Waals surface area contributed by atoms with Crippen molar-refractivity contribution < 1.29 is 18.0 Å². The molecular formula is C19H19F3N4O2S2. The van der Waals surface area contributed by atoms with Crippen molar-refractivity contribution >= 4 is 44.9 Å². The van der Waals surface area contributed by atoms with Gasteiger partial charge in [-0.25, -0.2) is 4.98 Å². The molecule has 0 fully saturated rings. The highest BCUT2D eigenvalue weighted by Gasteiger charge is 2.30. The summed E-state index contributed by atoms with van der Waals surface area (Å²) < 4.78 is 38.3. The summed E-state index contributed by atoms with van der Waals surface area (Å²) in [4.78, 5) is 33.4. The molecule has 11 heteroatoms. The smallest absolute Gasteiger partial charge is 0.309 e. The summed E-state index contributed by atoms with van der Waals surface area (Å²) in [6.45, 7) is 5.46. The van der Waals surface area contributed by atoms with E-state index in [2.05, 4.69) is 20.8 Å². The number of aryl methyl sites for hydroxylation is 2. The average molecular weight is 457 g/mol. The quantitative estimate of drug-likeness (QED) is 0.479. The summed E-state index contributed by atoms with van der Waals surface area (Å²) in [5, 5.41) is 0.0541. The Balaban J connectivity index is 1.59. The van der Waals surface area contributed by atoms with Crippen LogP contribution in [0.15, 0.2) is 29.1 Å². The van der Waals surface area contributed by atoms with Crippen molar-refractivity contribution in [1.82, 2.24) is 15.4 Å². The molecule has 0 aliphatic rings. The number of thiophene rings is 1. The van der Waals surface area contributed by atoms with E-state index in [4.69, 9.17) is 0 Å². The maximum Gasteiger partial charge on any atom is 0.416 e. The predicted octanol–water partition coefficient (Wildman–Crippen LogP) is 4.39. The van der Waals surface area contributed by atoms with Crippen molar-refractivity contribution in [2.45, 2.75) is 38.0 Å². The Hall–Kier alpha value is -2.53. The lowest BCUT2D eigenvalue weighted by Crippen LogP contribution is -2.35. The molecule has 1 aromatic carbocycles. The van der Waals surface area contributed by atoms with Crippen LogP contribution in [0.25, 0.3) is 10.2 Å². The molecule has 3 N–H and O–H groups in total. The van der Waals surface area contributed by atoms with Crippen LogP contribution in [0.2, 0.25) is 0 Å². The fourth-order valence-corrected chi connectivity index (χ4v) is 4.46. The minimum atomic E-state index is -4.46. The molecule has 0 bridgehead atoms. The highest BCUT2D eigenvalue weighted by atomic mass is 32.2. The number of hydrogen-bond acceptors (Lipinski definition) is 6. The molecule has 1 unspecified atom stereocenters. The van der Waals surface area contributed by atoms with E-state index in [1.807, 2.05) is 13.8 Å². The molecule has 160 valence electrons. The minimum Gasteiger partial charge on any atom is -0.309 e. The zero-order valence-electron chi connectivity index (χ0n) is 16.3. The fourth-order valence-electron chi connectivity index (χ4n) is 2.66. The van der Waals surface area contributed by atoms with Gasteiger partial charge in [0.2, 0.25) is 0 Å². The van der Waals surface area contributed by atoms with Gasteiger partial charge in [0.05, 0.1) is 27.6 Å². The molecule has 0 saturated carbocycles. The van der Waals surface area contributed by atoms with Gasteiger partial charge >= 0.3 is 6.18 Å². The van der Waals surface area contributed by atoms with Gasteiger partial charge in [0.25, 0.3) is 11.5 Å². The molecule has 0 aliphatic heterocycles. The highest BCUT2D eigenvalue weighted by molar-refractivity contribution is 7.99. The average Bonchev–Trinajstić information content (AvgIpc) is 2.97. The lowest BCUT2D eigenvalue weighted by atomic mass is 10.2. The second kappa shape index (κ2) is 8.68. The van der Waals surface area contributed by atoms with Gasteiger partial charge in [-0.3, -0.25) is 20.4 Å². The van der Waals surface area contributed by atoms with Gasteiger partial charge in [0.15, 0.2) is 0 Å². The van der Waals surface area contributed by atoms with Gasteiger partial charge in [-0.2, -0.15) is 13.2 Å². The van der Waals surface area contributed by atoms with Crippen molar-refractivity contribution in [2.24, 2.45) is 0 Å². The molecule has 1 atom stereocenters. The van der Waals surface area contributed by atoms with Crippen molar-refractivity contribution in [3.8, 4) is 0 Å². The largest absolute Gasteiger partial charge is 0.416 e. The maximum absolute atomic E-state index is 12.8. The number of hydrazine groups is 1. The van der Waals surface area contributed by atoms with E-state index in [1.54, 1.807) is 6.92 Å². The number of nitrogens with one attached hydrogen (secondary N) is 3. The lowest BCUT2D eigenvalue weighted by molar-refractivity contribution is -0.137. The number of thioether (sulfide) groups is 1. The molecule has 3 aromatic rings. The number of amides is 1. The van der Waals surface area contributed by atoms with Gasteiger partial charge in [0.1, 0.15) is 10.7 Å². The second-order valence-corrected chi connectivity index (χ2v) is 9.15. The highest BCUT2D eigenvalue weighted by Crippen LogP contribution is 2.30. The number of fused-ring (bicyclic) bond motifs is 1. The van der Waals surface area contributed by atoms with Crippen LogP contribution in [-0.4, -0.2) is 21.1 Å². The maximum atomic E-state index is 12.8. The number of alkyl halides is 3. The van der Waals surface area contributed by atoms with Crippen molar-refractivity contribution in [3.63, 3.8) is 0 Å². The van der Waals surface area contributed by atoms with Crippen LogP contribution in [0, 0.1) is 13.8 Å². The molecule has 0 radical (unpaired) electrons. The zero-order valence-corrected chi connectivity index (χ0v) is 17.9. The number of rotatable bonds is 6. The first kappa shape index (κ1) is 22.2. The monoisotopic (exact) mass is 456 g/mol. The number of benzene rings is 1. The first-order valence-corrected chi connectivity index (χ1v) is 10.8. The number of H-pyrrole nitrogens is 1. The number of anilines is 1. The van der Waals surface area contributed by atoms with Crippen LogP contribution in [0.3, 0.4) is 0 Å². The normalized spacial score (nSPS) is 12.7. The third-order valence-electron chi connectivity index (χ3n) is 4.45. The molecular weight excluding hydrogens is 437 g/mol. The van der Waals surface area contributed by atoms with E-state index in [9.17, 15) is 22.8 Å². The Morgan fingerprint density at radius 2 is 2.07 bits per heavy atom. The molecule has 0 saturated heterocycles. The number of hydrogen-bond donors (Lipinski definition) is 3. The molecule has 6 nitrogen and oxygen atoms in total. The topological polar surface area (TPSA) is 86.9 Å². The molecule has 0 aliphatic carbocycles. The van der Waals surface area contributed by atoms with Crippen molar-refractivity contribution in [1.29, 1.82) is 0 Å². The molecule has 3 rings (SSSR count). The minimum absolute atomic E-state index is 0.121. The third kappa shape index (κ3) is 4.96.